The summed E-state index contributed by atoms with van der Waals surface area (Å²) in [5.41, 5.74) is 0.572. The van der Waals surface area contributed by atoms with Crippen molar-refractivity contribution < 1.29 is 23.8 Å². The van der Waals surface area contributed by atoms with Crippen molar-refractivity contribution in [3.63, 3.8) is 0 Å². The van der Waals surface area contributed by atoms with Crippen molar-refractivity contribution in [3.8, 4) is 11.5 Å². The zero-order valence-electron chi connectivity index (χ0n) is 13.8. The third-order valence-corrected chi connectivity index (χ3v) is 5.44. The number of morpholine rings is 1. The van der Waals surface area contributed by atoms with Crippen LogP contribution in [0, 0.1) is 5.92 Å². The van der Waals surface area contributed by atoms with Gasteiger partial charge in [0.15, 0.2) is 11.5 Å². The smallest absolute Gasteiger partial charge is 0.254 e. The average Bonchev–Trinajstić information content (AvgIpc) is 3.15. The van der Waals surface area contributed by atoms with Gasteiger partial charge >= 0.3 is 0 Å². The monoisotopic (exact) mass is 344 g/mol. The third kappa shape index (κ3) is 2.63. The summed E-state index contributed by atoms with van der Waals surface area (Å²) in [6.07, 6.45) is 2.30. The molecule has 2 amide bonds. The van der Waals surface area contributed by atoms with Gasteiger partial charge in [-0.3, -0.25) is 9.59 Å². The molecule has 1 aromatic carbocycles. The van der Waals surface area contributed by atoms with Crippen LogP contribution < -0.4 is 9.47 Å². The van der Waals surface area contributed by atoms with Crippen molar-refractivity contribution in [2.75, 3.05) is 33.0 Å². The Morgan fingerprint density at radius 3 is 2.84 bits per heavy atom. The molecule has 3 fully saturated rings. The molecule has 2 saturated heterocycles. The Morgan fingerprint density at radius 1 is 1.16 bits per heavy atom. The number of fused-ring (bicyclic) bond motifs is 2. The minimum atomic E-state index is -0.0885. The quantitative estimate of drug-likeness (QED) is 0.814. The van der Waals surface area contributed by atoms with Crippen LogP contribution in [-0.4, -0.2) is 66.8 Å². The molecule has 0 N–H and O–H groups in total. The van der Waals surface area contributed by atoms with Gasteiger partial charge in [-0.05, 0) is 37.0 Å². The van der Waals surface area contributed by atoms with E-state index in [4.69, 9.17) is 14.2 Å². The van der Waals surface area contributed by atoms with Crippen LogP contribution in [0.2, 0.25) is 0 Å². The highest BCUT2D eigenvalue weighted by molar-refractivity contribution is 5.95. The maximum absolute atomic E-state index is 12.9. The topological polar surface area (TPSA) is 68.3 Å². The lowest BCUT2D eigenvalue weighted by molar-refractivity contribution is -0.153. The van der Waals surface area contributed by atoms with E-state index >= 15 is 0 Å². The molecule has 5 rings (SSSR count). The van der Waals surface area contributed by atoms with E-state index in [1.54, 1.807) is 23.1 Å². The van der Waals surface area contributed by atoms with E-state index < -0.39 is 0 Å². The summed E-state index contributed by atoms with van der Waals surface area (Å²) in [6, 6.07) is 5.21. The van der Waals surface area contributed by atoms with Crippen LogP contribution in [0.15, 0.2) is 18.2 Å². The standard InChI is InChI=1S/C18H20N2O5/c21-17-9-23-16-8-19(7-13(16)20(17)6-11-1-2-11)18(22)12-3-4-14-15(5-12)25-10-24-14/h3-5,11,13,16H,1-2,6-10H2/t13-,16-/m1/s1. The molecule has 2 atom stereocenters. The first kappa shape index (κ1) is 15.0. The zero-order valence-corrected chi connectivity index (χ0v) is 13.8. The Bertz CT molecular complexity index is 732. The van der Waals surface area contributed by atoms with Gasteiger partial charge in [-0.1, -0.05) is 0 Å². The fraction of sp³-hybridized carbons (Fsp3) is 0.556. The predicted molar refractivity (Wildman–Crippen MR) is 86.4 cm³/mol. The Kier molecular flexibility index (Phi) is 3.38. The SMILES string of the molecule is O=C(c1ccc2c(c1)OCO2)N1C[C@@H]2[C@@H](C1)OCC(=O)N2CC1CC1. The molecule has 3 aliphatic heterocycles. The van der Waals surface area contributed by atoms with Crippen LogP contribution in [0.25, 0.3) is 0 Å². The van der Waals surface area contributed by atoms with Gasteiger partial charge in [-0.15, -0.1) is 0 Å². The van der Waals surface area contributed by atoms with E-state index in [9.17, 15) is 9.59 Å². The number of hydrogen-bond acceptors (Lipinski definition) is 5. The molecule has 3 heterocycles. The van der Waals surface area contributed by atoms with Gasteiger partial charge in [0.1, 0.15) is 6.61 Å². The van der Waals surface area contributed by atoms with Crippen molar-refractivity contribution >= 4 is 11.8 Å². The van der Waals surface area contributed by atoms with Gasteiger partial charge in [0.05, 0.1) is 12.1 Å². The second-order valence-corrected chi connectivity index (χ2v) is 7.18. The van der Waals surface area contributed by atoms with Crippen molar-refractivity contribution in [1.29, 1.82) is 0 Å². The fourth-order valence-electron chi connectivity index (χ4n) is 3.86. The number of benzene rings is 1. The summed E-state index contributed by atoms with van der Waals surface area (Å²) in [5.74, 6) is 1.88. The minimum Gasteiger partial charge on any atom is -0.454 e. The largest absolute Gasteiger partial charge is 0.454 e. The summed E-state index contributed by atoms with van der Waals surface area (Å²) in [5, 5.41) is 0. The lowest BCUT2D eigenvalue weighted by atomic mass is 10.1. The molecule has 7 nitrogen and oxygen atoms in total. The number of rotatable bonds is 3. The summed E-state index contributed by atoms with van der Waals surface area (Å²) in [7, 11) is 0. The highest BCUT2D eigenvalue weighted by Gasteiger charge is 2.46. The molecule has 1 aromatic rings. The highest BCUT2D eigenvalue weighted by Crippen LogP contribution is 2.35. The third-order valence-electron chi connectivity index (χ3n) is 5.44. The molecule has 7 heteroatoms. The summed E-state index contributed by atoms with van der Waals surface area (Å²) in [4.78, 5) is 28.9. The van der Waals surface area contributed by atoms with Crippen molar-refractivity contribution in [3.05, 3.63) is 23.8 Å². The van der Waals surface area contributed by atoms with Crippen LogP contribution in [0.1, 0.15) is 23.2 Å². The first-order valence-corrected chi connectivity index (χ1v) is 8.79. The molecule has 4 aliphatic rings. The van der Waals surface area contributed by atoms with Crippen LogP contribution in [0.4, 0.5) is 0 Å². The molecule has 132 valence electrons. The molecule has 0 bridgehead atoms. The van der Waals surface area contributed by atoms with Crippen LogP contribution >= 0.6 is 0 Å². The zero-order chi connectivity index (χ0) is 17.0. The molecule has 0 unspecified atom stereocenters. The minimum absolute atomic E-state index is 0.0280. The first-order valence-electron chi connectivity index (χ1n) is 8.79. The number of amides is 2. The summed E-state index contributed by atoms with van der Waals surface area (Å²) < 4.78 is 16.4. The maximum atomic E-state index is 12.9. The normalized spacial score (nSPS) is 27.6. The van der Waals surface area contributed by atoms with Gasteiger partial charge in [0.25, 0.3) is 5.91 Å². The number of nitrogens with zero attached hydrogens (tertiary/aromatic N) is 2. The van der Waals surface area contributed by atoms with Gasteiger partial charge < -0.3 is 24.0 Å². The van der Waals surface area contributed by atoms with Crippen LogP contribution in [-0.2, 0) is 9.53 Å². The number of carbonyl (C=O) groups excluding carboxylic acids is 2. The van der Waals surface area contributed by atoms with Crippen molar-refractivity contribution in [2.24, 2.45) is 5.92 Å². The Balaban J connectivity index is 1.33. The molecule has 25 heavy (non-hydrogen) atoms. The summed E-state index contributed by atoms with van der Waals surface area (Å²) >= 11 is 0. The maximum Gasteiger partial charge on any atom is 0.254 e. The molecule has 1 saturated carbocycles. The van der Waals surface area contributed by atoms with E-state index in [0.717, 1.165) is 6.54 Å². The average molecular weight is 344 g/mol. The van der Waals surface area contributed by atoms with E-state index in [-0.39, 0.29) is 37.4 Å². The van der Waals surface area contributed by atoms with Gasteiger partial charge in [0.2, 0.25) is 12.7 Å². The van der Waals surface area contributed by atoms with Gasteiger partial charge in [0, 0.05) is 25.2 Å². The lowest BCUT2D eigenvalue weighted by Crippen LogP contribution is -2.54. The molecule has 0 aromatic heterocycles. The number of hydrogen-bond donors (Lipinski definition) is 0. The molecule has 1 aliphatic carbocycles. The lowest BCUT2D eigenvalue weighted by Gasteiger charge is -2.36. The summed E-state index contributed by atoms with van der Waals surface area (Å²) in [6.45, 7) is 2.16. The van der Waals surface area contributed by atoms with E-state index in [2.05, 4.69) is 0 Å². The fourth-order valence-corrected chi connectivity index (χ4v) is 3.86. The van der Waals surface area contributed by atoms with E-state index in [0.29, 0.717) is 36.1 Å². The van der Waals surface area contributed by atoms with Gasteiger partial charge in [-0.25, -0.2) is 0 Å². The Labute approximate surface area is 145 Å². The second kappa shape index (κ2) is 5.62. The predicted octanol–water partition coefficient (Wildman–Crippen LogP) is 0.877. The van der Waals surface area contributed by atoms with Crippen molar-refractivity contribution in [1.82, 2.24) is 9.80 Å². The van der Waals surface area contributed by atoms with Gasteiger partial charge in [-0.2, -0.15) is 0 Å². The Hall–Kier alpha value is -2.28. The number of likely N-dealkylation sites (tertiary alicyclic amines) is 1. The number of ether oxygens (including phenoxy) is 3. The molecule has 0 radical (unpaired) electrons. The molecule has 0 spiro atoms. The second-order valence-electron chi connectivity index (χ2n) is 7.18. The highest BCUT2D eigenvalue weighted by atomic mass is 16.7. The van der Waals surface area contributed by atoms with E-state index in [1.807, 2.05) is 4.90 Å². The number of carbonyl (C=O) groups is 2. The van der Waals surface area contributed by atoms with E-state index in [1.165, 1.54) is 12.8 Å². The first-order chi connectivity index (χ1) is 12.2. The van der Waals surface area contributed by atoms with Crippen LogP contribution in [0.5, 0.6) is 11.5 Å². The molecular weight excluding hydrogens is 324 g/mol. The Morgan fingerprint density at radius 2 is 2.00 bits per heavy atom. The molecular formula is C18H20N2O5. The van der Waals surface area contributed by atoms with Crippen molar-refractivity contribution in [2.45, 2.75) is 25.0 Å². The van der Waals surface area contributed by atoms with Crippen LogP contribution in [0.3, 0.4) is 0 Å².